The lowest BCUT2D eigenvalue weighted by Gasteiger charge is -2.35. The summed E-state index contributed by atoms with van der Waals surface area (Å²) in [6.07, 6.45) is 4.15. The highest BCUT2D eigenvalue weighted by Gasteiger charge is 2.31. The summed E-state index contributed by atoms with van der Waals surface area (Å²) < 4.78 is 58.4. The fourth-order valence-electron chi connectivity index (χ4n) is 3.83. The zero-order valence-corrected chi connectivity index (χ0v) is 19.9. The van der Waals surface area contributed by atoms with Crippen molar-refractivity contribution in [2.24, 2.45) is 0 Å². The number of carbonyl (C=O) groups excluding carboxylic acids is 1. The molecule has 0 radical (unpaired) electrons. The highest BCUT2D eigenvalue weighted by Crippen LogP contribution is 2.29. The topological polar surface area (TPSA) is 138 Å². The monoisotopic (exact) mass is 520 g/mol. The lowest BCUT2D eigenvalue weighted by atomic mass is 10.1. The van der Waals surface area contributed by atoms with Crippen LogP contribution in [0.4, 0.5) is 20.4 Å². The van der Waals surface area contributed by atoms with Crippen molar-refractivity contribution >= 4 is 27.4 Å². The molecule has 4 rings (SSSR count). The number of nitrogens with one attached hydrogen (secondary N) is 1. The molecule has 1 N–H and O–H groups in total. The summed E-state index contributed by atoms with van der Waals surface area (Å²) in [5.41, 5.74) is 3.11. The van der Waals surface area contributed by atoms with Gasteiger partial charge in [-0.15, -0.1) is 0 Å². The van der Waals surface area contributed by atoms with Crippen LogP contribution in [0.1, 0.15) is 19.3 Å². The van der Waals surface area contributed by atoms with Gasteiger partial charge in [0.1, 0.15) is 17.9 Å². The van der Waals surface area contributed by atoms with Crippen LogP contribution in [0.5, 0.6) is 5.75 Å². The van der Waals surface area contributed by atoms with Crippen LogP contribution in [0.2, 0.25) is 0 Å². The number of anilines is 2. The molecule has 3 heterocycles. The molecule has 1 aromatic carbocycles. The van der Waals surface area contributed by atoms with Gasteiger partial charge in [-0.2, -0.15) is 14.0 Å². The Labute approximate surface area is 205 Å². The fourth-order valence-corrected chi connectivity index (χ4v) is 4.46. The van der Waals surface area contributed by atoms with Crippen molar-refractivity contribution in [1.29, 1.82) is 5.26 Å². The molecule has 0 saturated carbocycles. The molecule has 2 aliphatic rings. The van der Waals surface area contributed by atoms with Crippen LogP contribution >= 0.6 is 0 Å². The molecule has 0 spiro atoms. The number of benzene rings is 1. The lowest BCUT2D eigenvalue weighted by molar-refractivity contribution is -0.122. The largest absolute Gasteiger partial charge is 0.491 e. The second-order valence-corrected chi connectivity index (χ2v) is 10.1. The Kier molecular flexibility index (Phi) is 7.20. The molecule has 0 bridgehead atoms. The van der Waals surface area contributed by atoms with Crippen LogP contribution in [0.15, 0.2) is 53.0 Å². The van der Waals surface area contributed by atoms with E-state index >= 15 is 0 Å². The van der Waals surface area contributed by atoms with Gasteiger partial charge in [-0.05, 0) is 24.3 Å². The van der Waals surface area contributed by atoms with E-state index in [9.17, 15) is 27.3 Å². The van der Waals surface area contributed by atoms with Crippen LogP contribution < -0.4 is 20.1 Å². The Morgan fingerprint density at radius 3 is 2.36 bits per heavy atom. The molecule has 14 heteroatoms. The number of ether oxygens (including phenoxy) is 2. The maximum atomic E-state index is 12.4. The summed E-state index contributed by atoms with van der Waals surface area (Å²) >= 11 is 0. The summed E-state index contributed by atoms with van der Waals surface area (Å²) in [5, 5.41) is 11.1. The normalized spacial score (nSPS) is 17.1. The average molecular weight is 521 g/mol. The first kappa shape index (κ1) is 25.1. The average Bonchev–Trinajstić information content (AvgIpc) is 2.84. The van der Waals surface area contributed by atoms with Crippen LogP contribution in [-0.2, 0) is 19.4 Å². The minimum atomic E-state index is -3.40. The predicted octanol–water partition coefficient (Wildman–Crippen LogP) is 2.14. The van der Waals surface area contributed by atoms with Crippen molar-refractivity contribution in [1.82, 2.24) is 15.4 Å². The number of nitriles is 1. The van der Waals surface area contributed by atoms with Gasteiger partial charge in [0.05, 0.1) is 29.4 Å². The predicted molar refractivity (Wildman–Crippen MR) is 122 cm³/mol. The zero-order valence-electron chi connectivity index (χ0n) is 19.1. The molecule has 1 amide bonds. The molecule has 0 atom stereocenters. The second-order valence-electron chi connectivity index (χ2n) is 8.10. The van der Waals surface area contributed by atoms with E-state index in [1.54, 1.807) is 0 Å². The summed E-state index contributed by atoms with van der Waals surface area (Å²) in [4.78, 5) is 22.5. The molecular weight excluding hydrogens is 498 g/mol. The number of nitrogens with zero attached hydrogens (tertiary/aromatic N) is 5. The highest BCUT2D eigenvalue weighted by molar-refractivity contribution is 7.90. The third kappa shape index (κ3) is 5.80. The van der Waals surface area contributed by atoms with Gasteiger partial charge in [-0.1, -0.05) is 0 Å². The molecule has 11 nitrogen and oxygen atoms in total. The van der Waals surface area contributed by atoms with Gasteiger partial charge in [-0.3, -0.25) is 10.2 Å². The third-order valence-electron chi connectivity index (χ3n) is 5.55. The van der Waals surface area contributed by atoms with Gasteiger partial charge < -0.3 is 14.4 Å². The third-order valence-corrected chi connectivity index (χ3v) is 6.68. The first-order chi connectivity index (χ1) is 17.1. The molecule has 1 fully saturated rings. The Hall–Kier alpha value is -3.99. The van der Waals surface area contributed by atoms with Gasteiger partial charge >= 0.3 is 6.61 Å². The van der Waals surface area contributed by atoms with Crippen molar-refractivity contribution in [2.75, 3.05) is 29.3 Å². The summed E-state index contributed by atoms with van der Waals surface area (Å²) in [6.45, 7) is -1.93. The molecule has 190 valence electrons. The van der Waals surface area contributed by atoms with Gasteiger partial charge in [0.25, 0.3) is 0 Å². The van der Waals surface area contributed by atoms with E-state index in [1.807, 2.05) is 4.90 Å². The molecule has 1 aromatic heterocycles. The van der Waals surface area contributed by atoms with E-state index in [0.717, 1.165) is 6.26 Å². The van der Waals surface area contributed by atoms with Crippen LogP contribution in [-0.4, -0.2) is 56.4 Å². The molecule has 0 unspecified atom stereocenters. The maximum absolute atomic E-state index is 12.4. The number of alkyl halides is 2. The van der Waals surface area contributed by atoms with Crippen molar-refractivity contribution < 1.29 is 31.5 Å². The molecule has 36 heavy (non-hydrogen) atoms. The number of allylic oxidation sites excluding steroid dienone is 1. The van der Waals surface area contributed by atoms with Gasteiger partial charge in [0.2, 0.25) is 11.9 Å². The van der Waals surface area contributed by atoms with Gasteiger partial charge in [0.15, 0.2) is 21.3 Å². The Balaban J connectivity index is 1.44. The lowest BCUT2D eigenvalue weighted by Crippen LogP contribution is -2.46. The Bertz CT molecular complexity index is 1290. The van der Waals surface area contributed by atoms with E-state index in [4.69, 9.17) is 4.74 Å². The van der Waals surface area contributed by atoms with Crippen LogP contribution in [0, 0.1) is 11.3 Å². The van der Waals surface area contributed by atoms with Gasteiger partial charge in [0, 0.05) is 32.2 Å². The number of piperidine rings is 1. The standard InChI is InChI=1S/C22H22F2N6O5S/c1-36(32,33)17-4-2-14(3-5-17)30-18(11-25)19(10-20(31)28-30)34-15-6-8-29(9-7-15)22-26-12-16(13-27-22)35-21(23)24/h2-5,12-13,15,21H,6-10H2,1H3,(H,28,31). The number of hydrazine groups is 1. The number of aromatic nitrogens is 2. The maximum Gasteiger partial charge on any atom is 0.387 e. The number of halogens is 2. The highest BCUT2D eigenvalue weighted by atomic mass is 32.2. The van der Waals surface area contributed by atoms with E-state index < -0.39 is 16.4 Å². The number of sulfone groups is 1. The first-order valence-electron chi connectivity index (χ1n) is 10.9. The fraction of sp³-hybridized carbons (Fsp3) is 0.364. The van der Waals surface area contributed by atoms with Crippen molar-refractivity contribution in [3.05, 3.63) is 48.1 Å². The molecule has 2 aromatic rings. The van der Waals surface area contributed by atoms with Crippen LogP contribution in [0.3, 0.4) is 0 Å². The van der Waals surface area contributed by atoms with Crippen molar-refractivity contribution in [2.45, 2.75) is 36.9 Å². The smallest absolute Gasteiger partial charge is 0.387 e. The van der Waals surface area contributed by atoms with Crippen LogP contribution in [0.25, 0.3) is 0 Å². The Morgan fingerprint density at radius 2 is 1.81 bits per heavy atom. The summed E-state index contributed by atoms with van der Waals surface area (Å²) in [5.74, 6) is 0.0755. The van der Waals surface area contributed by atoms with E-state index in [1.165, 1.54) is 41.7 Å². The number of rotatable bonds is 7. The molecule has 0 aliphatic carbocycles. The van der Waals surface area contributed by atoms with E-state index in [2.05, 4.69) is 26.2 Å². The summed E-state index contributed by atoms with van der Waals surface area (Å²) in [6, 6.07) is 7.84. The minimum absolute atomic E-state index is 0.0992. The quantitative estimate of drug-likeness (QED) is 0.578. The van der Waals surface area contributed by atoms with Gasteiger partial charge in [-0.25, -0.2) is 23.4 Å². The first-order valence-corrected chi connectivity index (χ1v) is 12.7. The molecule has 2 aliphatic heterocycles. The number of amides is 1. The molecule has 1 saturated heterocycles. The number of hydrogen-bond acceptors (Lipinski definition) is 10. The van der Waals surface area contributed by atoms with E-state index in [0.29, 0.717) is 37.6 Å². The number of carbonyl (C=O) groups is 1. The minimum Gasteiger partial charge on any atom is -0.491 e. The number of hydrogen-bond donors (Lipinski definition) is 1. The molecular formula is C22H22F2N6O5S. The summed E-state index contributed by atoms with van der Waals surface area (Å²) in [7, 11) is -3.40. The SMILES string of the molecule is CS(=O)(=O)c1ccc(N2NC(=O)CC(OC3CCN(c4ncc(OC(F)F)cn4)CC3)=C2C#N)cc1. The zero-order chi connectivity index (χ0) is 25.9. The van der Waals surface area contributed by atoms with E-state index in [-0.39, 0.29) is 40.5 Å². The van der Waals surface area contributed by atoms with Crippen molar-refractivity contribution in [3.63, 3.8) is 0 Å². The second kappa shape index (κ2) is 10.3. The Morgan fingerprint density at radius 1 is 1.17 bits per heavy atom. The van der Waals surface area contributed by atoms with Crippen molar-refractivity contribution in [3.8, 4) is 11.8 Å².